The minimum Gasteiger partial charge on any atom is -0.396 e. The van der Waals surface area contributed by atoms with Crippen LogP contribution >= 0.6 is 0 Å². The van der Waals surface area contributed by atoms with Gasteiger partial charge in [-0.25, -0.2) is 0 Å². The maximum Gasteiger partial charge on any atom is 0.0474 e. The van der Waals surface area contributed by atoms with E-state index >= 15 is 0 Å². The second-order valence-electron chi connectivity index (χ2n) is 1.69. The Kier molecular flexibility index (Phi) is 3.61. The number of rotatable bonds is 3. The van der Waals surface area contributed by atoms with E-state index in [4.69, 9.17) is 5.11 Å². The fourth-order valence-corrected chi connectivity index (χ4v) is 0.278. The third-order valence-electron chi connectivity index (χ3n) is 0.752. The average molecular weight is 101 g/mol. The van der Waals surface area contributed by atoms with Crippen LogP contribution < -0.4 is 0 Å². The van der Waals surface area contributed by atoms with Crippen molar-refractivity contribution < 1.29 is 5.11 Å². The van der Waals surface area contributed by atoms with Crippen LogP contribution in [-0.4, -0.2) is 25.0 Å². The average Bonchev–Trinajstić information content (AvgIpc) is 1.68. The van der Waals surface area contributed by atoms with E-state index in [0.717, 1.165) is 0 Å². The van der Waals surface area contributed by atoms with Crippen LogP contribution in [0.1, 0.15) is 6.92 Å². The Morgan fingerprint density at radius 3 is 2.57 bits per heavy atom. The highest BCUT2D eigenvalue weighted by Crippen LogP contribution is 1.89. The third-order valence-corrected chi connectivity index (χ3v) is 0.752. The first kappa shape index (κ1) is 6.63. The summed E-state index contributed by atoms with van der Waals surface area (Å²) < 4.78 is 0. The predicted molar refractivity (Wildman–Crippen MR) is 30.7 cm³/mol. The van der Waals surface area contributed by atoms with Crippen LogP contribution in [0.2, 0.25) is 0 Å². The Morgan fingerprint density at radius 2 is 2.43 bits per heavy atom. The van der Waals surface area contributed by atoms with Crippen molar-refractivity contribution in [2.45, 2.75) is 6.92 Å². The van der Waals surface area contributed by atoms with Crippen molar-refractivity contribution in [1.29, 1.82) is 0 Å². The zero-order chi connectivity index (χ0) is 5.70. The van der Waals surface area contributed by atoms with Crippen LogP contribution in [0, 0.1) is 5.92 Å². The summed E-state index contributed by atoms with van der Waals surface area (Å²) in [5, 5.41) is 8.38. The molecule has 0 bridgehead atoms. The second-order valence-corrected chi connectivity index (χ2v) is 1.69. The molecule has 0 aromatic rings. The smallest absolute Gasteiger partial charge is 0.0474 e. The van der Waals surface area contributed by atoms with Crippen molar-refractivity contribution in [3.63, 3.8) is 0 Å². The SMILES string of the molecule is C=NC[C@@H](C)CO. The molecule has 0 heterocycles. The molecule has 0 saturated carbocycles. The van der Waals surface area contributed by atoms with Crippen LogP contribution in [0.4, 0.5) is 0 Å². The Bertz CT molecular complexity index is 54.0. The molecule has 0 aliphatic heterocycles. The molecule has 1 atom stereocenters. The van der Waals surface area contributed by atoms with E-state index in [1.165, 1.54) is 0 Å². The van der Waals surface area contributed by atoms with Crippen LogP contribution in [-0.2, 0) is 0 Å². The second kappa shape index (κ2) is 3.81. The van der Waals surface area contributed by atoms with E-state index in [1.54, 1.807) is 0 Å². The maximum absolute atomic E-state index is 8.38. The van der Waals surface area contributed by atoms with Crippen molar-refractivity contribution in [3.05, 3.63) is 0 Å². The number of hydrogen-bond acceptors (Lipinski definition) is 2. The van der Waals surface area contributed by atoms with Crippen LogP contribution in [0.15, 0.2) is 4.99 Å². The maximum atomic E-state index is 8.38. The van der Waals surface area contributed by atoms with Gasteiger partial charge in [0.2, 0.25) is 0 Å². The number of aliphatic hydroxyl groups is 1. The molecule has 0 spiro atoms. The van der Waals surface area contributed by atoms with Gasteiger partial charge in [0.05, 0.1) is 0 Å². The first-order valence-electron chi connectivity index (χ1n) is 2.34. The lowest BCUT2D eigenvalue weighted by Crippen LogP contribution is -2.03. The number of hydrogen-bond donors (Lipinski definition) is 1. The first-order valence-corrected chi connectivity index (χ1v) is 2.34. The van der Waals surface area contributed by atoms with Crippen LogP contribution in [0.25, 0.3) is 0 Å². The monoisotopic (exact) mass is 101 g/mol. The van der Waals surface area contributed by atoms with E-state index < -0.39 is 0 Å². The van der Waals surface area contributed by atoms with Gasteiger partial charge in [0, 0.05) is 13.2 Å². The molecule has 0 rings (SSSR count). The molecule has 7 heavy (non-hydrogen) atoms. The summed E-state index contributed by atoms with van der Waals surface area (Å²) in [6.07, 6.45) is 0. The van der Waals surface area contributed by atoms with Crippen LogP contribution in [0.5, 0.6) is 0 Å². The van der Waals surface area contributed by atoms with Gasteiger partial charge in [-0.3, -0.25) is 0 Å². The molecule has 0 aromatic carbocycles. The highest BCUT2D eigenvalue weighted by Gasteiger charge is 1.93. The fraction of sp³-hybridized carbons (Fsp3) is 0.800. The lowest BCUT2D eigenvalue weighted by molar-refractivity contribution is 0.242. The molecule has 2 nitrogen and oxygen atoms in total. The number of nitrogens with zero attached hydrogens (tertiary/aromatic N) is 1. The zero-order valence-corrected chi connectivity index (χ0v) is 4.59. The van der Waals surface area contributed by atoms with Crippen LogP contribution in [0.3, 0.4) is 0 Å². The fourth-order valence-electron chi connectivity index (χ4n) is 0.278. The van der Waals surface area contributed by atoms with Gasteiger partial charge in [-0.1, -0.05) is 6.92 Å². The zero-order valence-electron chi connectivity index (χ0n) is 4.59. The largest absolute Gasteiger partial charge is 0.396 e. The van der Waals surface area contributed by atoms with Gasteiger partial charge in [0.25, 0.3) is 0 Å². The van der Waals surface area contributed by atoms with Crippen molar-refractivity contribution in [1.82, 2.24) is 0 Å². The first-order chi connectivity index (χ1) is 3.31. The lowest BCUT2D eigenvalue weighted by Gasteiger charge is -1.98. The Morgan fingerprint density at radius 1 is 1.86 bits per heavy atom. The lowest BCUT2D eigenvalue weighted by atomic mass is 10.2. The minimum atomic E-state index is 0.207. The summed E-state index contributed by atoms with van der Waals surface area (Å²) in [6, 6.07) is 0. The van der Waals surface area contributed by atoms with Gasteiger partial charge < -0.3 is 10.1 Å². The molecule has 0 radical (unpaired) electrons. The molecular weight excluding hydrogens is 90.1 g/mol. The molecule has 2 heteroatoms. The van der Waals surface area contributed by atoms with E-state index in [-0.39, 0.29) is 12.5 Å². The highest BCUT2D eigenvalue weighted by atomic mass is 16.3. The normalized spacial score (nSPS) is 13.4. The molecular formula is C5H11NO. The van der Waals surface area contributed by atoms with Crippen molar-refractivity contribution in [2.24, 2.45) is 10.9 Å². The van der Waals surface area contributed by atoms with Gasteiger partial charge in [-0.2, -0.15) is 0 Å². The summed E-state index contributed by atoms with van der Waals surface area (Å²) >= 11 is 0. The summed E-state index contributed by atoms with van der Waals surface area (Å²) in [7, 11) is 0. The Balaban J connectivity index is 2.98. The topological polar surface area (TPSA) is 32.6 Å². The molecule has 0 aliphatic rings. The number of aliphatic imine (C=N–C) groups is 1. The standard InChI is InChI=1S/C5H11NO/c1-5(4-7)3-6-2/h5,7H,2-4H2,1H3/t5-/m1/s1. The van der Waals surface area contributed by atoms with Gasteiger partial charge >= 0.3 is 0 Å². The number of aliphatic hydroxyl groups excluding tert-OH is 1. The summed E-state index contributed by atoms with van der Waals surface area (Å²) in [6.45, 7) is 6.08. The summed E-state index contributed by atoms with van der Waals surface area (Å²) in [4.78, 5) is 3.60. The highest BCUT2D eigenvalue weighted by molar-refractivity contribution is 5.23. The van der Waals surface area contributed by atoms with E-state index in [1.807, 2.05) is 6.92 Å². The third kappa shape index (κ3) is 3.46. The van der Waals surface area contributed by atoms with Crippen molar-refractivity contribution >= 4 is 6.72 Å². The molecule has 0 unspecified atom stereocenters. The quantitative estimate of drug-likeness (QED) is 0.510. The van der Waals surface area contributed by atoms with Gasteiger partial charge in [-0.05, 0) is 12.6 Å². The Labute approximate surface area is 43.9 Å². The van der Waals surface area contributed by atoms with Gasteiger partial charge in [-0.15, -0.1) is 0 Å². The van der Waals surface area contributed by atoms with Crippen molar-refractivity contribution in [2.75, 3.05) is 13.2 Å². The predicted octanol–water partition coefficient (Wildman–Crippen LogP) is 0.315. The molecule has 0 amide bonds. The van der Waals surface area contributed by atoms with E-state index in [0.29, 0.717) is 6.54 Å². The molecule has 42 valence electrons. The van der Waals surface area contributed by atoms with Crippen molar-refractivity contribution in [3.8, 4) is 0 Å². The molecule has 0 saturated heterocycles. The van der Waals surface area contributed by atoms with E-state index in [9.17, 15) is 0 Å². The molecule has 0 aromatic heterocycles. The molecule has 1 N–H and O–H groups in total. The molecule has 0 aliphatic carbocycles. The summed E-state index contributed by atoms with van der Waals surface area (Å²) in [5.74, 6) is 0.275. The minimum absolute atomic E-state index is 0.207. The van der Waals surface area contributed by atoms with E-state index in [2.05, 4.69) is 11.7 Å². The summed E-state index contributed by atoms with van der Waals surface area (Å²) in [5.41, 5.74) is 0. The molecule has 0 fully saturated rings. The Hall–Kier alpha value is -0.370. The van der Waals surface area contributed by atoms with Gasteiger partial charge in [0.15, 0.2) is 0 Å². The van der Waals surface area contributed by atoms with Gasteiger partial charge in [0.1, 0.15) is 0 Å².